The van der Waals surface area contributed by atoms with Crippen molar-refractivity contribution in [2.75, 3.05) is 11.9 Å². The Morgan fingerprint density at radius 1 is 1.06 bits per heavy atom. The first-order valence-corrected chi connectivity index (χ1v) is 5.70. The van der Waals surface area contributed by atoms with Crippen LogP contribution in [0, 0.1) is 0 Å². The molecule has 1 aromatic heterocycles. The Morgan fingerprint density at radius 3 is 2.72 bits per heavy atom. The average molecular weight is 237 g/mol. The van der Waals surface area contributed by atoms with E-state index in [0.717, 1.165) is 17.0 Å². The van der Waals surface area contributed by atoms with Gasteiger partial charge in [0.15, 0.2) is 0 Å². The molecule has 0 unspecified atom stereocenters. The lowest BCUT2D eigenvalue weighted by atomic mass is 10.1. The maximum Gasteiger partial charge on any atom is 0.246 e. The van der Waals surface area contributed by atoms with Crippen LogP contribution < -0.4 is 5.32 Å². The first-order valence-electron chi connectivity index (χ1n) is 5.70. The lowest BCUT2D eigenvalue weighted by molar-refractivity contribution is -0.114. The Kier molecular flexibility index (Phi) is 2.61. The summed E-state index contributed by atoms with van der Waals surface area (Å²) >= 11 is 0. The number of nitrogens with one attached hydrogen (secondary N) is 1. The minimum absolute atomic E-state index is 0.116. The van der Waals surface area contributed by atoms with Gasteiger partial charge in [0.2, 0.25) is 5.91 Å². The van der Waals surface area contributed by atoms with Crippen molar-refractivity contribution in [2.24, 2.45) is 4.99 Å². The summed E-state index contributed by atoms with van der Waals surface area (Å²) in [6.45, 7) is 0.126. The standard InChI is InChI=1S/C14H11N3O/c18-12-9-16-13(10-5-2-1-3-6-10)14-11(17-12)7-4-8-15-14/h1-8H,9H2,(H,17,18). The van der Waals surface area contributed by atoms with Crippen LogP contribution in [-0.2, 0) is 4.79 Å². The van der Waals surface area contributed by atoms with Crippen LogP contribution in [0.15, 0.2) is 53.7 Å². The maximum absolute atomic E-state index is 11.6. The Labute approximate surface area is 104 Å². The van der Waals surface area contributed by atoms with Crippen LogP contribution in [0.1, 0.15) is 11.3 Å². The van der Waals surface area contributed by atoms with Crippen LogP contribution in [0.4, 0.5) is 5.69 Å². The van der Waals surface area contributed by atoms with E-state index in [2.05, 4.69) is 15.3 Å². The summed E-state index contributed by atoms with van der Waals surface area (Å²) in [6.07, 6.45) is 1.70. The summed E-state index contributed by atoms with van der Waals surface area (Å²) in [5.74, 6) is -0.116. The van der Waals surface area contributed by atoms with Crippen molar-refractivity contribution in [3.63, 3.8) is 0 Å². The van der Waals surface area contributed by atoms with Gasteiger partial charge in [-0.25, -0.2) is 0 Å². The number of carbonyl (C=O) groups excluding carboxylic acids is 1. The molecule has 0 radical (unpaired) electrons. The second-order valence-electron chi connectivity index (χ2n) is 3.98. The largest absolute Gasteiger partial charge is 0.323 e. The van der Waals surface area contributed by atoms with Gasteiger partial charge in [-0.15, -0.1) is 0 Å². The molecule has 2 aromatic rings. The van der Waals surface area contributed by atoms with E-state index in [1.807, 2.05) is 36.4 Å². The number of aliphatic imine (C=N–C) groups is 1. The van der Waals surface area contributed by atoms with Gasteiger partial charge in [-0.1, -0.05) is 30.3 Å². The van der Waals surface area contributed by atoms with E-state index in [4.69, 9.17) is 0 Å². The van der Waals surface area contributed by atoms with Crippen LogP contribution in [0.2, 0.25) is 0 Å². The molecule has 0 atom stereocenters. The van der Waals surface area contributed by atoms with Gasteiger partial charge < -0.3 is 5.32 Å². The van der Waals surface area contributed by atoms with E-state index >= 15 is 0 Å². The number of anilines is 1. The monoisotopic (exact) mass is 237 g/mol. The van der Waals surface area contributed by atoms with Gasteiger partial charge in [-0.3, -0.25) is 14.8 Å². The molecule has 1 aromatic carbocycles. The summed E-state index contributed by atoms with van der Waals surface area (Å²) in [7, 11) is 0. The highest BCUT2D eigenvalue weighted by Crippen LogP contribution is 2.19. The number of hydrogen-bond acceptors (Lipinski definition) is 3. The molecule has 1 aliphatic rings. The molecule has 4 nitrogen and oxygen atoms in total. The van der Waals surface area contributed by atoms with E-state index in [-0.39, 0.29) is 12.5 Å². The van der Waals surface area contributed by atoms with Crippen molar-refractivity contribution in [1.82, 2.24) is 4.98 Å². The van der Waals surface area contributed by atoms with Gasteiger partial charge in [0.05, 0.1) is 11.4 Å². The van der Waals surface area contributed by atoms with Crippen LogP contribution in [0.3, 0.4) is 0 Å². The van der Waals surface area contributed by atoms with Gasteiger partial charge >= 0.3 is 0 Å². The number of amides is 1. The molecule has 0 fully saturated rings. The van der Waals surface area contributed by atoms with Gasteiger partial charge in [0.25, 0.3) is 0 Å². The second-order valence-corrected chi connectivity index (χ2v) is 3.98. The predicted molar refractivity (Wildman–Crippen MR) is 69.8 cm³/mol. The van der Waals surface area contributed by atoms with Crippen LogP contribution >= 0.6 is 0 Å². The van der Waals surface area contributed by atoms with Crippen LogP contribution in [-0.4, -0.2) is 23.1 Å². The van der Waals surface area contributed by atoms with Gasteiger partial charge in [-0.05, 0) is 12.1 Å². The Hall–Kier alpha value is -2.49. The Balaban J connectivity index is 2.17. The molecular weight excluding hydrogens is 226 g/mol. The lowest BCUT2D eigenvalue weighted by Gasteiger charge is -2.07. The van der Waals surface area contributed by atoms with Crippen molar-refractivity contribution in [1.29, 1.82) is 0 Å². The van der Waals surface area contributed by atoms with Crippen molar-refractivity contribution in [3.05, 3.63) is 59.9 Å². The fraction of sp³-hybridized carbons (Fsp3) is 0.0714. The number of nitrogens with zero attached hydrogens (tertiary/aromatic N) is 2. The Morgan fingerprint density at radius 2 is 1.89 bits per heavy atom. The molecule has 0 aliphatic carbocycles. The number of rotatable bonds is 1. The third-order valence-corrected chi connectivity index (χ3v) is 2.73. The zero-order valence-corrected chi connectivity index (χ0v) is 9.63. The van der Waals surface area contributed by atoms with Gasteiger partial charge in [0.1, 0.15) is 12.2 Å². The number of fused-ring (bicyclic) bond motifs is 1. The van der Waals surface area contributed by atoms with Crippen molar-refractivity contribution < 1.29 is 4.79 Å². The first-order chi connectivity index (χ1) is 8.84. The molecule has 1 amide bonds. The van der Waals surface area contributed by atoms with Crippen LogP contribution in [0.25, 0.3) is 0 Å². The zero-order chi connectivity index (χ0) is 12.4. The molecule has 0 saturated heterocycles. The van der Waals surface area contributed by atoms with Gasteiger partial charge in [0, 0.05) is 11.8 Å². The summed E-state index contributed by atoms with van der Waals surface area (Å²) in [5, 5.41) is 2.81. The number of benzene rings is 1. The molecule has 0 spiro atoms. The minimum atomic E-state index is -0.116. The van der Waals surface area contributed by atoms with E-state index in [1.54, 1.807) is 12.3 Å². The summed E-state index contributed by atoms with van der Waals surface area (Å²) in [6, 6.07) is 13.4. The number of aromatic nitrogens is 1. The molecule has 0 bridgehead atoms. The third-order valence-electron chi connectivity index (χ3n) is 2.73. The predicted octanol–water partition coefficient (Wildman–Crippen LogP) is 1.87. The normalized spacial score (nSPS) is 14.2. The molecule has 0 saturated carbocycles. The molecule has 4 heteroatoms. The molecule has 88 valence electrons. The van der Waals surface area contributed by atoms with E-state index in [9.17, 15) is 4.79 Å². The Bertz CT molecular complexity index is 620. The first kappa shape index (κ1) is 10.7. The molecule has 18 heavy (non-hydrogen) atoms. The lowest BCUT2D eigenvalue weighted by Crippen LogP contribution is -2.13. The summed E-state index contributed by atoms with van der Waals surface area (Å²) < 4.78 is 0. The van der Waals surface area contributed by atoms with Crippen molar-refractivity contribution in [3.8, 4) is 0 Å². The fourth-order valence-electron chi connectivity index (χ4n) is 1.93. The molecule has 2 heterocycles. The highest BCUT2D eigenvalue weighted by molar-refractivity contribution is 6.17. The minimum Gasteiger partial charge on any atom is -0.323 e. The second kappa shape index (κ2) is 4.41. The number of carbonyl (C=O) groups is 1. The maximum atomic E-state index is 11.6. The van der Waals surface area contributed by atoms with Crippen molar-refractivity contribution in [2.45, 2.75) is 0 Å². The SMILES string of the molecule is O=C1CN=C(c2ccccc2)c2ncccc2N1. The average Bonchev–Trinajstić information content (AvgIpc) is 2.58. The van der Waals surface area contributed by atoms with Crippen LogP contribution in [0.5, 0.6) is 0 Å². The summed E-state index contributed by atoms with van der Waals surface area (Å²) in [5.41, 5.74) is 3.15. The molecule has 1 N–H and O–H groups in total. The molecular formula is C14H11N3O. The van der Waals surface area contributed by atoms with Gasteiger partial charge in [-0.2, -0.15) is 0 Å². The summed E-state index contributed by atoms with van der Waals surface area (Å²) in [4.78, 5) is 20.3. The molecule has 3 rings (SSSR count). The van der Waals surface area contributed by atoms with E-state index < -0.39 is 0 Å². The van der Waals surface area contributed by atoms with Crippen molar-refractivity contribution >= 4 is 17.3 Å². The highest BCUT2D eigenvalue weighted by Gasteiger charge is 2.18. The smallest absolute Gasteiger partial charge is 0.246 e. The number of pyridine rings is 1. The van der Waals surface area contributed by atoms with E-state index in [0.29, 0.717) is 5.69 Å². The number of hydrogen-bond donors (Lipinski definition) is 1. The topological polar surface area (TPSA) is 54.4 Å². The zero-order valence-electron chi connectivity index (χ0n) is 9.63. The fourth-order valence-corrected chi connectivity index (χ4v) is 1.93. The highest BCUT2D eigenvalue weighted by atomic mass is 16.1. The third kappa shape index (κ3) is 1.88. The quantitative estimate of drug-likeness (QED) is 0.823. The molecule has 1 aliphatic heterocycles. The van der Waals surface area contributed by atoms with E-state index in [1.165, 1.54) is 0 Å².